The number of aliphatic carboxylic acids is 1. The first-order valence-electron chi connectivity index (χ1n) is 6.75. The number of carboxylic acids is 1. The van der Waals surface area contributed by atoms with Crippen LogP contribution in [-0.4, -0.2) is 16.1 Å². The maximum Gasteiger partial charge on any atom is 0.307 e. The third kappa shape index (κ3) is 2.23. The molecule has 1 heterocycles. The van der Waals surface area contributed by atoms with Gasteiger partial charge < -0.3 is 9.52 Å². The molecule has 2 atom stereocenters. The van der Waals surface area contributed by atoms with Crippen molar-refractivity contribution in [3.8, 4) is 0 Å². The van der Waals surface area contributed by atoms with Gasteiger partial charge in [-0.3, -0.25) is 4.79 Å². The second-order valence-corrected chi connectivity index (χ2v) is 5.30. The van der Waals surface area contributed by atoms with Crippen molar-refractivity contribution < 1.29 is 14.3 Å². The van der Waals surface area contributed by atoms with Crippen LogP contribution < -0.4 is 0 Å². The first-order valence-corrected chi connectivity index (χ1v) is 6.75. The van der Waals surface area contributed by atoms with E-state index < -0.39 is 5.97 Å². The minimum atomic E-state index is -0.680. The van der Waals surface area contributed by atoms with Gasteiger partial charge in [-0.15, -0.1) is 0 Å². The van der Waals surface area contributed by atoms with Crippen LogP contribution >= 0.6 is 0 Å². The molecule has 4 heteroatoms. The minimum absolute atomic E-state index is 0.104. The summed E-state index contributed by atoms with van der Waals surface area (Å²) in [6.45, 7) is 1.82. The van der Waals surface area contributed by atoms with E-state index in [0.29, 0.717) is 5.89 Å². The number of fused-ring (bicyclic) bond motifs is 1. The number of rotatable bonds is 2. The molecule has 1 aliphatic carbocycles. The lowest BCUT2D eigenvalue weighted by Gasteiger charge is -2.28. The lowest BCUT2D eigenvalue weighted by atomic mass is 9.75. The van der Waals surface area contributed by atoms with Gasteiger partial charge in [0.1, 0.15) is 5.52 Å². The zero-order valence-corrected chi connectivity index (χ0v) is 10.9. The number of aromatic nitrogens is 1. The Hall–Kier alpha value is -1.84. The van der Waals surface area contributed by atoms with Crippen molar-refractivity contribution >= 4 is 17.1 Å². The summed E-state index contributed by atoms with van der Waals surface area (Å²) in [6, 6.07) is 5.87. The van der Waals surface area contributed by atoms with Crippen molar-refractivity contribution in [2.45, 2.75) is 38.5 Å². The molecule has 19 heavy (non-hydrogen) atoms. The lowest BCUT2D eigenvalue weighted by molar-refractivity contribution is -0.143. The van der Waals surface area contributed by atoms with Crippen LogP contribution in [0.25, 0.3) is 11.1 Å². The molecule has 1 aromatic carbocycles. The highest BCUT2D eigenvalue weighted by Crippen LogP contribution is 2.38. The number of hydrogen-bond acceptors (Lipinski definition) is 3. The summed E-state index contributed by atoms with van der Waals surface area (Å²) >= 11 is 0. The smallest absolute Gasteiger partial charge is 0.307 e. The SMILES string of the molecule is Cc1nc2cc(C3CCCCC3C(=O)O)ccc2o1. The van der Waals surface area contributed by atoms with Gasteiger partial charge in [0.25, 0.3) is 0 Å². The van der Waals surface area contributed by atoms with E-state index in [0.717, 1.165) is 42.3 Å². The molecule has 0 aliphatic heterocycles. The molecule has 4 nitrogen and oxygen atoms in total. The largest absolute Gasteiger partial charge is 0.481 e. The van der Waals surface area contributed by atoms with Gasteiger partial charge in [0.05, 0.1) is 5.92 Å². The first kappa shape index (κ1) is 12.2. The van der Waals surface area contributed by atoms with E-state index >= 15 is 0 Å². The van der Waals surface area contributed by atoms with Crippen LogP contribution in [0.3, 0.4) is 0 Å². The highest BCUT2D eigenvalue weighted by molar-refractivity contribution is 5.75. The molecule has 0 bridgehead atoms. The lowest BCUT2D eigenvalue weighted by Crippen LogP contribution is -2.25. The topological polar surface area (TPSA) is 63.3 Å². The summed E-state index contributed by atoms with van der Waals surface area (Å²) < 4.78 is 5.46. The predicted octanol–water partition coefficient (Wildman–Crippen LogP) is 3.49. The van der Waals surface area contributed by atoms with Crippen molar-refractivity contribution in [1.29, 1.82) is 0 Å². The van der Waals surface area contributed by atoms with E-state index in [2.05, 4.69) is 4.98 Å². The van der Waals surface area contributed by atoms with Crippen molar-refractivity contribution in [2.24, 2.45) is 5.92 Å². The van der Waals surface area contributed by atoms with Gasteiger partial charge in [-0.2, -0.15) is 0 Å². The van der Waals surface area contributed by atoms with E-state index in [9.17, 15) is 9.90 Å². The Balaban J connectivity index is 1.99. The van der Waals surface area contributed by atoms with E-state index in [1.807, 2.05) is 25.1 Å². The molecule has 2 unspecified atom stereocenters. The Bertz CT molecular complexity index is 617. The van der Waals surface area contributed by atoms with Crippen LogP contribution in [0.2, 0.25) is 0 Å². The van der Waals surface area contributed by atoms with E-state index in [4.69, 9.17) is 4.42 Å². The van der Waals surface area contributed by atoms with Gasteiger partial charge in [0.2, 0.25) is 0 Å². The monoisotopic (exact) mass is 259 g/mol. The Kier molecular flexibility index (Phi) is 3.01. The van der Waals surface area contributed by atoms with Gasteiger partial charge in [-0.05, 0) is 36.5 Å². The van der Waals surface area contributed by atoms with Gasteiger partial charge >= 0.3 is 5.97 Å². The van der Waals surface area contributed by atoms with Crippen LogP contribution in [0.4, 0.5) is 0 Å². The number of aryl methyl sites for hydroxylation is 1. The van der Waals surface area contributed by atoms with E-state index in [1.165, 1.54) is 0 Å². The highest BCUT2D eigenvalue weighted by atomic mass is 16.4. The molecule has 1 saturated carbocycles. The summed E-state index contributed by atoms with van der Waals surface area (Å²) in [5.41, 5.74) is 2.67. The zero-order chi connectivity index (χ0) is 13.4. The predicted molar refractivity (Wildman–Crippen MR) is 71.1 cm³/mol. The number of carboxylic acid groups (broad SMARTS) is 1. The molecule has 0 spiro atoms. The Morgan fingerprint density at radius 3 is 2.95 bits per heavy atom. The molecule has 1 aliphatic rings. The molecule has 100 valence electrons. The van der Waals surface area contributed by atoms with Gasteiger partial charge in [0, 0.05) is 6.92 Å². The van der Waals surface area contributed by atoms with E-state index in [-0.39, 0.29) is 11.8 Å². The Labute approximate surface area is 111 Å². The van der Waals surface area contributed by atoms with Gasteiger partial charge in [-0.1, -0.05) is 18.9 Å². The number of oxazole rings is 1. The summed E-state index contributed by atoms with van der Waals surface area (Å²) in [5.74, 6) is -0.196. The van der Waals surface area contributed by atoms with Crippen molar-refractivity contribution in [3.63, 3.8) is 0 Å². The third-order valence-corrected chi connectivity index (χ3v) is 4.03. The fraction of sp³-hybridized carbons (Fsp3) is 0.467. The number of hydrogen-bond donors (Lipinski definition) is 1. The molecule has 1 fully saturated rings. The van der Waals surface area contributed by atoms with Gasteiger partial charge in [0.15, 0.2) is 11.5 Å². The summed E-state index contributed by atoms with van der Waals surface area (Å²) in [4.78, 5) is 15.7. The number of carbonyl (C=O) groups is 1. The quantitative estimate of drug-likeness (QED) is 0.896. The van der Waals surface area contributed by atoms with Crippen molar-refractivity contribution in [2.75, 3.05) is 0 Å². The average Bonchev–Trinajstić information content (AvgIpc) is 2.77. The summed E-state index contributed by atoms with van der Waals surface area (Å²) in [5, 5.41) is 9.35. The number of nitrogens with zero attached hydrogens (tertiary/aromatic N) is 1. The molecular weight excluding hydrogens is 242 g/mol. The van der Waals surface area contributed by atoms with Crippen molar-refractivity contribution in [1.82, 2.24) is 4.98 Å². The van der Waals surface area contributed by atoms with Crippen LogP contribution in [0.15, 0.2) is 22.6 Å². The van der Waals surface area contributed by atoms with Crippen LogP contribution in [0, 0.1) is 12.8 Å². The van der Waals surface area contributed by atoms with Crippen LogP contribution in [0.1, 0.15) is 43.1 Å². The van der Waals surface area contributed by atoms with Crippen molar-refractivity contribution in [3.05, 3.63) is 29.7 Å². The Morgan fingerprint density at radius 1 is 1.37 bits per heavy atom. The maximum absolute atomic E-state index is 11.4. The van der Waals surface area contributed by atoms with Gasteiger partial charge in [-0.25, -0.2) is 4.98 Å². The molecule has 1 aromatic heterocycles. The maximum atomic E-state index is 11.4. The first-order chi connectivity index (χ1) is 9.15. The Morgan fingerprint density at radius 2 is 2.16 bits per heavy atom. The standard InChI is InChI=1S/C15H17NO3/c1-9-16-13-8-10(6-7-14(13)19-9)11-4-2-3-5-12(11)15(17)18/h6-8,11-12H,2-5H2,1H3,(H,17,18). The fourth-order valence-corrected chi connectivity index (χ4v) is 3.12. The molecule has 0 saturated heterocycles. The minimum Gasteiger partial charge on any atom is -0.481 e. The average molecular weight is 259 g/mol. The third-order valence-electron chi connectivity index (χ3n) is 4.03. The molecule has 0 radical (unpaired) electrons. The fourth-order valence-electron chi connectivity index (χ4n) is 3.12. The molecule has 1 N–H and O–H groups in total. The second kappa shape index (κ2) is 4.68. The second-order valence-electron chi connectivity index (χ2n) is 5.30. The number of benzene rings is 1. The highest BCUT2D eigenvalue weighted by Gasteiger charge is 2.32. The normalized spacial score (nSPS) is 23.6. The molecule has 3 rings (SSSR count). The summed E-state index contributed by atoms with van der Waals surface area (Å²) in [6.07, 6.45) is 3.83. The zero-order valence-electron chi connectivity index (χ0n) is 10.9. The van der Waals surface area contributed by atoms with Crippen LogP contribution in [0.5, 0.6) is 0 Å². The molecule has 0 amide bonds. The molecule has 2 aromatic rings. The molecular formula is C15H17NO3. The summed E-state index contributed by atoms with van der Waals surface area (Å²) in [7, 11) is 0. The van der Waals surface area contributed by atoms with Crippen LogP contribution in [-0.2, 0) is 4.79 Å². The van der Waals surface area contributed by atoms with E-state index in [1.54, 1.807) is 0 Å².